The van der Waals surface area contributed by atoms with Gasteiger partial charge in [0.05, 0.1) is 21.1 Å². The first-order valence-corrected chi connectivity index (χ1v) is 15.0. The van der Waals surface area contributed by atoms with Crippen LogP contribution >= 0.6 is 7.60 Å². The van der Waals surface area contributed by atoms with Gasteiger partial charge in [-0.3, -0.25) is 4.57 Å². The van der Waals surface area contributed by atoms with Crippen LogP contribution in [0.2, 0.25) is 0 Å². The molecule has 0 aliphatic carbocycles. The standard InChI is InChI=1S/C27H54NO4P/c1-5-6-7-8-9-10-11-12-13-14-15-16-17-18-19-20-21-22-23-24-25-27(29,33(30,31)32)26-28(2,3)4/h13-14,20-21,29H,5-12,15-19,22-26H2,1-4H3,(H-,30,31,32)/p+1/b14-13-,21-20-. The van der Waals surface area contributed by atoms with Gasteiger partial charge in [0.25, 0.3) is 0 Å². The van der Waals surface area contributed by atoms with E-state index < -0.39 is 12.9 Å². The molecule has 0 aromatic rings. The van der Waals surface area contributed by atoms with Crippen molar-refractivity contribution in [3.05, 3.63) is 24.3 Å². The number of allylic oxidation sites excluding steroid dienone is 4. The van der Waals surface area contributed by atoms with Crippen molar-refractivity contribution in [1.82, 2.24) is 0 Å². The summed E-state index contributed by atoms with van der Waals surface area (Å²) in [5.41, 5.74) is 0. The Morgan fingerprint density at radius 1 is 0.667 bits per heavy atom. The van der Waals surface area contributed by atoms with Gasteiger partial charge in [-0.15, -0.1) is 0 Å². The van der Waals surface area contributed by atoms with Gasteiger partial charge in [0.15, 0.2) is 0 Å². The Labute approximate surface area is 205 Å². The van der Waals surface area contributed by atoms with Gasteiger partial charge in [0.1, 0.15) is 6.54 Å². The van der Waals surface area contributed by atoms with E-state index in [-0.39, 0.29) is 13.0 Å². The lowest BCUT2D eigenvalue weighted by atomic mass is 10.1. The third-order valence-corrected chi connectivity index (χ3v) is 7.47. The molecule has 0 spiro atoms. The summed E-state index contributed by atoms with van der Waals surface area (Å²) >= 11 is 0. The van der Waals surface area contributed by atoms with E-state index in [2.05, 4.69) is 31.2 Å². The topological polar surface area (TPSA) is 77.8 Å². The third kappa shape index (κ3) is 19.5. The molecule has 0 amide bonds. The number of rotatable bonds is 22. The molecule has 3 N–H and O–H groups in total. The summed E-state index contributed by atoms with van der Waals surface area (Å²) in [6.07, 6.45) is 28.4. The molecule has 0 radical (unpaired) electrons. The fourth-order valence-electron chi connectivity index (χ4n) is 4.14. The monoisotopic (exact) mass is 488 g/mol. The highest BCUT2D eigenvalue weighted by Gasteiger charge is 2.48. The first-order valence-electron chi connectivity index (χ1n) is 13.4. The normalized spacial score (nSPS) is 15.0. The predicted octanol–water partition coefficient (Wildman–Crippen LogP) is 7.32. The molecule has 1 unspecified atom stereocenters. The number of aliphatic hydroxyl groups is 1. The first kappa shape index (κ1) is 32.5. The van der Waals surface area contributed by atoms with Crippen LogP contribution in [-0.2, 0) is 4.57 Å². The SMILES string of the molecule is CCCCCCCCC/C=C\CCCCC/C=C\CCCCC(O)(C[N+](C)(C)C)P(=O)(O)O. The van der Waals surface area contributed by atoms with Crippen molar-refractivity contribution < 1.29 is 23.9 Å². The maximum Gasteiger partial charge on any atom is 0.362 e. The lowest BCUT2D eigenvalue weighted by Crippen LogP contribution is -2.49. The van der Waals surface area contributed by atoms with E-state index in [1.807, 2.05) is 21.1 Å². The minimum absolute atomic E-state index is 0.0431. The van der Waals surface area contributed by atoms with E-state index >= 15 is 0 Å². The lowest BCUT2D eigenvalue weighted by molar-refractivity contribution is -0.875. The van der Waals surface area contributed by atoms with Crippen LogP contribution in [0.3, 0.4) is 0 Å². The second kappa shape index (κ2) is 18.8. The van der Waals surface area contributed by atoms with Gasteiger partial charge < -0.3 is 19.4 Å². The Balaban J connectivity index is 3.67. The summed E-state index contributed by atoms with van der Waals surface area (Å²) in [5.74, 6) is 0. The number of hydrogen-bond donors (Lipinski definition) is 3. The number of quaternary nitrogens is 1. The molecular formula is C27H55NO4P+. The average molecular weight is 489 g/mol. The molecular weight excluding hydrogens is 433 g/mol. The highest BCUT2D eigenvalue weighted by Crippen LogP contribution is 2.52. The zero-order chi connectivity index (χ0) is 25.1. The van der Waals surface area contributed by atoms with Crippen LogP contribution in [0, 0.1) is 0 Å². The van der Waals surface area contributed by atoms with Crippen molar-refractivity contribution >= 4 is 7.60 Å². The van der Waals surface area contributed by atoms with Crippen molar-refractivity contribution in [2.24, 2.45) is 0 Å². The molecule has 0 aliphatic heterocycles. The molecule has 0 saturated carbocycles. The average Bonchev–Trinajstić information content (AvgIpc) is 2.70. The summed E-state index contributed by atoms with van der Waals surface area (Å²) in [6.45, 7) is 2.31. The fraction of sp³-hybridized carbons (Fsp3) is 0.852. The van der Waals surface area contributed by atoms with Gasteiger partial charge in [-0.2, -0.15) is 0 Å². The molecule has 5 nitrogen and oxygen atoms in total. The predicted molar refractivity (Wildman–Crippen MR) is 142 cm³/mol. The lowest BCUT2D eigenvalue weighted by Gasteiger charge is -2.35. The van der Waals surface area contributed by atoms with Crippen LogP contribution < -0.4 is 0 Å². The molecule has 0 aromatic carbocycles. The molecule has 0 bridgehead atoms. The third-order valence-electron chi connectivity index (χ3n) is 6.02. The summed E-state index contributed by atoms with van der Waals surface area (Å²) < 4.78 is 12.1. The van der Waals surface area contributed by atoms with E-state index in [1.165, 1.54) is 77.0 Å². The number of hydrogen-bond acceptors (Lipinski definition) is 2. The van der Waals surface area contributed by atoms with Gasteiger partial charge >= 0.3 is 7.60 Å². The molecule has 1 atom stereocenters. The number of unbranched alkanes of at least 4 members (excludes halogenated alkanes) is 13. The van der Waals surface area contributed by atoms with Gasteiger partial charge in [-0.25, -0.2) is 0 Å². The molecule has 0 rings (SSSR count). The minimum atomic E-state index is -4.56. The number of likely N-dealkylation sites (N-methyl/N-ethyl adjacent to an activating group) is 1. The van der Waals surface area contributed by atoms with Crippen molar-refractivity contribution in [3.63, 3.8) is 0 Å². The summed E-state index contributed by atoms with van der Waals surface area (Å²) in [6, 6.07) is 0. The highest BCUT2D eigenvalue weighted by molar-refractivity contribution is 7.53. The highest BCUT2D eigenvalue weighted by atomic mass is 31.2. The molecule has 196 valence electrons. The van der Waals surface area contributed by atoms with Crippen LogP contribution in [0.1, 0.15) is 116 Å². The van der Waals surface area contributed by atoms with E-state index in [0.29, 0.717) is 10.9 Å². The zero-order valence-corrected chi connectivity index (χ0v) is 23.1. The maximum atomic E-state index is 11.8. The van der Waals surface area contributed by atoms with Crippen molar-refractivity contribution in [2.75, 3.05) is 27.7 Å². The van der Waals surface area contributed by atoms with E-state index in [9.17, 15) is 19.5 Å². The molecule has 6 heteroatoms. The van der Waals surface area contributed by atoms with Crippen LogP contribution in [0.4, 0.5) is 0 Å². The summed E-state index contributed by atoms with van der Waals surface area (Å²) in [4.78, 5) is 19.2. The van der Waals surface area contributed by atoms with E-state index in [0.717, 1.165) is 19.3 Å². The Morgan fingerprint density at radius 2 is 1.03 bits per heavy atom. The van der Waals surface area contributed by atoms with Crippen molar-refractivity contribution in [3.8, 4) is 0 Å². The van der Waals surface area contributed by atoms with Gasteiger partial charge in [0, 0.05) is 0 Å². The van der Waals surface area contributed by atoms with E-state index in [4.69, 9.17) is 0 Å². The Hall–Kier alpha value is -0.450. The summed E-state index contributed by atoms with van der Waals surface area (Å²) in [5, 5.41) is 8.60. The first-order chi connectivity index (χ1) is 15.5. The fourth-order valence-corrected chi connectivity index (χ4v) is 5.20. The van der Waals surface area contributed by atoms with Crippen molar-refractivity contribution in [2.45, 2.75) is 121 Å². The Morgan fingerprint density at radius 3 is 1.42 bits per heavy atom. The molecule has 33 heavy (non-hydrogen) atoms. The van der Waals surface area contributed by atoms with Gasteiger partial charge in [0.2, 0.25) is 5.34 Å². The van der Waals surface area contributed by atoms with Crippen molar-refractivity contribution in [1.29, 1.82) is 0 Å². The summed E-state index contributed by atoms with van der Waals surface area (Å²) in [7, 11) is 0.929. The maximum absolute atomic E-state index is 11.8. The molecule has 0 heterocycles. The van der Waals surface area contributed by atoms with Crippen LogP contribution in [0.15, 0.2) is 24.3 Å². The second-order valence-corrected chi connectivity index (χ2v) is 12.6. The van der Waals surface area contributed by atoms with Gasteiger partial charge in [-0.05, 0) is 64.2 Å². The van der Waals surface area contributed by atoms with E-state index in [1.54, 1.807) is 0 Å². The molecule has 0 aromatic heterocycles. The smallest absolute Gasteiger partial charge is 0.362 e. The molecule has 0 fully saturated rings. The molecule has 0 aliphatic rings. The second-order valence-electron chi connectivity index (χ2n) is 10.7. The van der Waals surface area contributed by atoms with Crippen LogP contribution in [0.5, 0.6) is 0 Å². The van der Waals surface area contributed by atoms with Crippen LogP contribution in [-0.4, -0.2) is 52.4 Å². The van der Waals surface area contributed by atoms with Crippen LogP contribution in [0.25, 0.3) is 0 Å². The van der Waals surface area contributed by atoms with Gasteiger partial charge in [-0.1, -0.05) is 76.2 Å². The minimum Gasteiger partial charge on any atom is -0.373 e. The zero-order valence-electron chi connectivity index (χ0n) is 22.2. The number of nitrogens with zero attached hydrogens (tertiary/aromatic N) is 1. The molecule has 0 saturated heterocycles. The Kier molecular flexibility index (Phi) is 18.6. The quantitative estimate of drug-likeness (QED) is 0.0645. The largest absolute Gasteiger partial charge is 0.373 e. The Bertz CT molecular complexity index is 565.